The second-order valence-corrected chi connectivity index (χ2v) is 5.65. The van der Waals surface area contributed by atoms with Crippen molar-refractivity contribution in [1.82, 2.24) is 15.5 Å². The number of carbonyl (C=O) groups is 1. The lowest BCUT2D eigenvalue weighted by atomic mass is 10.2. The van der Waals surface area contributed by atoms with Gasteiger partial charge < -0.3 is 15.5 Å². The fourth-order valence-corrected chi connectivity index (χ4v) is 2.41. The monoisotopic (exact) mass is 325 g/mol. The van der Waals surface area contributed by atoms with E-state index in [1.54, 1.807) is 23.1 Å². The highest BCUT2D eigenvalue weighted by atomic mass is 35.5. The van der Waals surface area contributed by atoms with E-state index in [0.717, 1.165) is 26.2 Å². The van der Waals surface area contributed by atoms with Crippen LogP contribution >= 0.6 is 23.2 Å². The molecule has 1 fully saturated rings. The highest BCUT2D eigenvalue weighted by molar-refractivity contribution is 6.35. The fourth-order valence-electron chi connectivity index (χ4n) is 1.96. The molecular formula is C15H17Cl2N3O. The standard InChI is InChI=1S/C15H17Cl2N3O/c1-11(19-15(21)20-8-6-18-7-9-20)2-3-12-4-5-13(16)10-14(12)17/h4-5,10-11,18H,6-9H2,1H3,(H,19,21). The normalized spacial score (nSPS) is 15.9. The van der Waals surface area contributed by atoms with Gasteiger partial charge in [0.25, 0.3) is 0 Å². The maximum Gasteiger partial charge on any atom is 0.318 e. The zero-order valence-electron chi connectivity index (χ0n) is 11.7. The highest BCUT2D eigenvalue weighted by Gasteiger charge is 2.16. The largest absolute Gasteiger partial charge is 0.325 e. The van der Waals surface area contributed by atoms with Crippen LogP contribution in [0.2, 0.25) is 10.0 Å². The van der Waals surface area contributed by atoms with Gasteiger partial charge in [-0.3, -0.25) is 0 Å². The molecule has 1 atom stereocenters. The Kier molecular flexibility index (Phi) is 5.75. The number of piperazine rings is 1. The lowest BCUT2D eigenvalue weighted by Gasteiger charge is -2.28. The van der Waals surface area contributed by atoms with Crippen molar-refractivity contribution in [3.63, 3.8) is 0 Å². The molecule has 1 aliphatic heterocycles. The lowest BCUT2D eigenvalue weighted by molar-refractivity contribution is 0.189. The summed E-state index contributed by atoms with van der Waals surface area (Å²) in [6.07, 6.45) is 0. The van der Waals surface area contributed by atoms with E-state index < -0.39 is 0 Å². The van der Waals surface area contributed by atoms with E-state index in [0.29, 0.717) is 15.6 Å². The van der Waals surface area contributed by atoms with Crippen LogP contribution < -0.4 is 10.6 Å². The summed E-state index contributed by atoms with van der Waals surface area (Å²) in [7, 11) is 0. The number of urea groups is 1. The summed E-state index contributed by atoms with van der Waals surface area (Å²) in [5.74, 6) is 5.94. The highest BCUT2D eigenvalue weighted by Crippen LogP contribution is 2.19. The van der Waals surface area contributed by atoms with Crippen molar-refractivity contribution < 1.29 is 4.79 Å². The fraction of sp³-hybridized carbons (Fsp3) is 0.400. The minimum absolute atomic E-state index is 0.0829. The van der Waals surface area contributed by atoms with Gasteiger partial charge in [-0.2, -0.15) is 0 Å². The average Bonchev–Trinajstić information content (AvgIpc) is 2.47. The molecule has 2 N–H and O–H groups in total. The predicted molar refractivity (Wildman–Crippen MR) is 85.8 cm³/mol. The van der Waals surface area contributed by atoms with Gasteiger partial charge in [0.15, 0.2) is 0 Å². The van der Waals surface area contributed by atoms with Gasteiger partial charge in [-0.1, -0.05) is 35.0 Å². The third-order valence-corrected chi connectivity index (χ3v) is 3.65. The molecule has 21 heavy (non-hydrogen) atoms. The van der Waals surface area contributed by atoms with Gasteiger partial charge >= 0.3 is 6.03 Å². The predicted octanol–water partition coefficient (Wildman–Crippen LogP) is 2.35. The minimum Gasteiger partial charge on any atom is -0.325 e. The average molecular weight is 326 g/mol. The van der Waals surface area contributed by atoms with Crippen LogP contribution in [-0.2, 0) is 0 Å². The number of hydrogen-bond donors (Lipinski definition) is 2. The van der Waals surface area contributed by atoms with Gasteiger partial charge in [0, 0.05) is 36.8 Å². The number of halogens is 2. The Hall–Kier alpha value is -1.41. The summed E-state index contributed by atoms with van der Waals surface area (Å²) < 4.78 is 0. The Morgan fingerprint density at radius 1 is 1.38 bits per heavy atom. The molecule has 1 aromatic rings. The molecule has 4 nitrogen and oxygen atoms in total. The van der Waals surface area contributed by atoms with Crippen molar-refractivity contribution >= 4 is 29.2 Å². The first-order valence-electron chi connectivity index (χ1n) is 6.79. The number of rotatable bonds is 1. The number of amides is 2. The van der Waals surface area contributed by atoms with Crippen LogP contribution in [0.1, 0.15) is 12.5 Å². The van der Waals surface area contributed by atoms with Crippen molar-refractivity contribution in [2.24, 2.45) is 0 Å². The Balaban J connectivity index is 1.93. The van der Waals surface area contributed by atoms with Crippen LogP contribution in [0, 0.1) is 11.8 Å². The zero-order chi connectivity index (χ0) is 15.2. The maximum atomic E-state index is 12.0. The third-order valence-electron chi connectivity index (χ3n) is 3.10. The Bertz CT molecular complexity index is 574. The lowest BCUT2D eigenvalue weighted by Crippen LogP contribution is -2.51. The van der Waals surface area contributed by atoms with Gasteiger partial charge in [0.05, 0.1) is 11.1 Å². The Labute approximate surface area is 134 Å². The van der Waals surface area contributed by atoms with E-state index in [9.17, 15) is 4.79 Å². The van der Waals surface area contributed by atoms with Crippen LogP contribution in [0.25, 0.3) is 0 Å². The first-order chi connectivity index (χ1) is 10.1. The number of nitrogens with one attached hydrogen (secondary N) is 2. The van der Waals surface area contributed by atoms with Gasteiger partial charge in [0.1, 0.15) is 0 Å². The minimum atomic E-state index is -0.251. The number of carbonyl (C=O) groups excluding carboxylic acids is 1. The first kappa shape index (κ1) is 16.0. The maximum absolute atomic E-state index is 12.0. The molecule has 0 spiro atoms. The van der Waals surface area contributed by atoms with Crippen molar-refractivity contribution in [3.8, 4) is 11.8 Å². The van der Waals surface area contributed by atoms with E-state index >= 15 is 0 Å². The summed E-state index contributed by atoms with van der Waals surface area (Å²) in [6.45, 7) is 4.93. The Morgan fingerprint density at radius 2 is 2.10 bits per heavy atom. The van der Waals surface area contributed by atoms with Crippen LogP contribution in [0.15, 0.2) is 18.2 Å². The second kappa shape index (κ2) is 7.56. The summed E-state index contributed by atoms with van der Waals surface area (Å²) in [5, 5.41) is 7.16. The van der Waals surface area contributed by atoms with Gasteiger partial charge in [-0.05, 0) is 25.1 Å². The molecule has 1 saturated heterocycles. The molecular weight excluding hydrogens is 309 g/mol. The molecule has 0 radical (unpaired) electrons. The molecule has 0 saturated carbocycles. The van der Waals surface area contributed by atoms with Gasteiger partial charge in [-0.25, -0.2) is 4.79 Å². The molecule has 0 bridgehead atoms. The summed E-state index contributed by atoms with van der Waals surface area (Å²) in [4.78, 5) is 13.8. The number of nitrogens with zero attached hydrogens (tertiary/aromatic N) is 1. The molecule has 2 amide bonds. The molecule has 1 heterocycles. The van der Waals surface area contributed by atoms with E-state index in [2.05, 4.69) is 22.5 Å². The molecule has 0 aliphatic carbocycles. The van der Waals surface area contributed by atoms with Gasteiger partial charge in [-0.15, -0.1) is 0 Å². The SMILES string of the molecule is CC(C#Cc1ccc(Cl)cc1Cl)NC(=O)N1CCNCC1. The van der Waals surface area contributed by atoms with Crippen molar-refractivity contribution in [1.29, 1.82) is 0 Å². The Morgan fingerprint density at radius 3 is 2.76 bits per heavy atom. The molecule has 1 aromatic carbocycles. The molecule has 1 unspecified atom stereocenters. The van der Waals surface area contributed by atoms with Crippen LogP contribution in [0.4, 0.5) is 4.79 Å². The number of hydrogen-bond acceptors (Lipinski definition) is 2. The third kappa shape index (κ3) is 4.82. The smallest absolute Gasteiger partial charge is 0.318 e. The van der Waals surface area contributed by atoms with E-state index in [4.69, 9.17) is 23.2 Å². The summed E-state index contributed by atoms with van der Waals surface area (Å²) in [5.41, 5.74) is 0.698. The molecule has 6 heteroatoms. The van der Waals surface area contributed by atoms with Gasteiger partial charge in [0.2, 0.25) is 0 Å². The molecule has 2 rings (SSSR count). The molecule has 1 aliphatic rings. The molecule has 112 valence electrons. The quantitative estimate of drug-likeness (QED) is 0.778. The van der Waals surface area contributed by atoms with Crippen LogP contribution in [-0.4, -0.2) is 43.2 Å². The van der Waals surface area contributed by atoms with Crippen molar-refractivity contribution in [2.45, 2.75) is 13.0 Å². The summed E-state index contributed by atoms with van der Waals surface area (Å²) in [6, 6.07) is 4.82. The van der Waals surface area contributed by atoms with Crippen molar-refractivity contribution in [3.05, 3.63) is 33.8 Å². The topological polar surface area (TPSA) is 44.4 Å². The van der Waals surface area contributed by atoms with Crippen LogP contribution in [0.5, 0.6) is 0 Å². The van der Waals surface area contributed by atoms with E-state index in [1.165, 1.54) is 0 Å². The van der Waals surface area contributed by atoms with Crippen molar-refractivity contribution in [2.75, 3.05) is 26.2 Å². The summed E-state index contributed by atoms with van der Waals surface area (Å²) >= 11 is 11.9. The molecule has 0 aromatic heterocycles. The van der Waals surface area contributed by atoms with E-state index in [-0.39, 0.29) is 12.1 Å². The first-order valence-corrected chi connectivity index (χ1v) is 7.54. The number of benzene rings is 1. The second-order valence-electron chi connectivity index (χ2n) is 4.80. The van der Waals surface area contributed by atoms with E-state index in [1.807, 2.05) is 6.92 Å². The zero-order valence-corrected chi connectivity index (χ0v) is 13.3. The van der Waals surface area contributed by atoms with Crippen LogP contribution in [0.3, 0.4) is 0 Å².